The van der Waals surface area contributed by atoms with E-state index in [9.17, 15) is 0 Å². The van der Waals surface area contributed by atoms with E-state index in [1.54, 1.807) is 27.4 Å². The standard InChI is InChI=1S/C33H33.C15H14.C5H5.Zr/c1-32(2,3)30-20-26-24(18-28(30)22-13-9-7-10-14-22)17-25-19-29(23-15-11-8-12-16-23)31(21-27(25)26)33(4,5)6;1-3-8-14(9-4-1)12-7-13-15-10-5-2-6-11-15;1-2-4-5-3-1;/h7-21H,1-6H3;1-6,8-11H,12-13H2;1-5H;/q-1;;-1;+2. The van der Waals surface area contributed by atoms with Gasteiger partial charge in [0.1, 0.15) is 0 Å². The molecule has 0 unspecified atom stereocenters. The van der Waals surface area contributed by atoms with E-state index in [-0.39, 0.29) is 10.8 Å². The minimum absolute atomic E-state index is 0.0554. The molecule has 268 valence electrons. The molecule has 0 aliphatic rings. The number of fused-ring (bicyclic) bond motifs is 3. The van der Waals surface area contributed by atoms with E-state index in [2.05, 4.69) is 193 Å². The number of hydrogen-bond acceptors (Lipinski definition) is 0. The Morgan fingerprint density at radius 2 is 0.815 bits per heavy atom. The Labute approximate surface area is 338 Å². The van der Waals surface area contributed by atoms with Crippen LogP contribution in [0.25, 0.3) is 43.8 Å². The fourth-order valence-corrected chi connectivity index (χ4v) is 8.13. The van der Waals surface area contributed by atoms with Crippen LogP contribution in [0.15, 0.2) is 182 Å². The molecule has 0 fully saturated rings. The Morgan fingerprint density at radius 3 is 1.13 bits per heavy atom. The molecule has 0 heterocycles. The maximum absolute atomic E-state index is 2.45. The van der Waals surface area contributed by atoms with E-state index in [0.717, 1.165) is 12.8 Å². The summed E-state index contributed by atoms with van der Waals surface area (Å²) in [4.78, 5) is 0. The second-order valence-electron chi connectivity index (χ2n) is 16.2. The van der Waals surface area contributed by atoms with E-state index < -0.39 is 0 Å². The number of hydrogen-bond donors (Lipinski definition) is 0. The van der Waals surface area contributed by atoms with Gasteiger partial charge in [-0.2, -0.15) is 18.2 Å². The number of rotatable bonds is 6. The first-order valence-electron chi connectivity index (χ1n) is 19.1. The summed E-state index contributed by atoms with van der Waals surface area (Å²) in [7, 11) is 0. The third-order valence-electron chi connectivity index (χ3n) is 9.84. The Bertz CT molecular complexity index is 2190. The van der Waals surface area contributed by atoms with Gasteiger partial charge >= 0.3 is 112 Å². The molecular formula is C53H52Zr. The molecule has 8 aromatic carbocycles. The quantitative estimate of drug-likeness (QED) is 0.147. The van der Waals surface area contributed by atoms with Crippen LogP contribution in [0, 0.1) is 0 Å². The van der Waals surface area contributed by atoms with Crippen molar-refractivity contribution < 1.29 is 24.2 Å². The SMILES string of the molecule is CC(C)(C)c1cc2c(cc1-c1ccccc1)[cH-]c1cc(-c3ccccc3)c(C(C)(C)C)cc12.[Zr+2]=[C](Cc1ccccc1)Cc1ccccc1.c1cc[cH-]c1. The smallest absolute Gasteiger partial charge is 0.172 e. The maximum Gasteiger partial charge on any atom is -0.172 e. The van der Waals surface area contributed by atoms with Crippen LogP contribution in [0.4, 0.5) is 0 Å². The van der Waals surface area contributed by atoms with Crippen molar-refractivity contribution in [2.75, 3.05) is 0 Å². The zero-order valence-electron chi connectivity index (χ0n) is 32.7. The summed E-state index contributed by atoms with van der Waals surface area (Å²) in [6.07, 6.45) is 2.24. The largest absolute Gasteiger partial charge is 0.214 e. The van der Waals surface area contributed by atoms with Gasteiger partial charge in [-0.15, -0.1) is 39.7 Å². The molecule has 0 spiro atoms. The van der Waals surface area contributed by atoms with Gasteiger partial charge in [0.15, 0.2) is 0 Å². The molecule has 0 amide bonds. The summed E-state index contributed by atoms with van der Waals surface area (Å²) in [5, 5.41) is 5.36. The van der Waals surface area contributed by atoms with Gasteiger partial charge < -0.3 is 0 Å². The Hall–Kier alpha value is -4.71. The van der Waals surface area contributed by atoms with Gasteiger partial charge in [-0.05, 0) is 44.2 Å². The topological polar surface area (TPSA) is 0 Å². The molecule has 0 saturated heterocycles. The van der Waals surface area contributed by atoms with E-state index >= 15 is 0 Å². The summed E-state index contributed by atoms with van der Waals surface area (Å²) in [6, 6.07) is 65.1. The molecule has 0 aliphatic carbocycles. The predicted octanol–water partition coefficient (Wildman–Crippen LogP) is 14.2. The van der Waals surface area contributed by atoms with Gasteiger partial charge in [-0.3, -0.25) is 0 Å². The molecule has 0 N–H and O–H groups in total. The van der Waals surface area contributed by atoms with Crippen molar-refractivity contribution in [3.63, 3.8) is 0 Å². The maximum atomic E-state index is 2.45. The molecule has 0 nitrogen and oxygen atoms in total. The van der Waals surface area contributed by atoms with E-state index in [1.165, 1.54) is 66.1 Å². The van der Waals surface area contributed by atoms with Crippen molar-refractivity contribution in [3.05, 3.63) is 204 Å². The van der Waals surface area contributed by atoms with Crippen LogP contribution in [-0.4, -0.2) is 3.21 Å². The Morgan fingerprint density at radius 1 is 0.463 bits per heavy atom. The Kier molecular flexibility index (Phi) is 12.7. The van der Waals surface area contributed by atoms with Crippen molar-refractivity contribution in [2.24, 2.45) is 0 Å². The average molecular weight is 780 g/mol. The van der Waals surface area contributed by atoms with Gasteiger partial charge in [-0.1, -0.05) is 114 Å². The first-order valence-corrected chi connectivity index (χ1v) is 20.3. The van der Waals surface area contributed by atoms with Crippen molar-refractivity contribution in [2.45, 2.75) is 65.2 Å². The second kappa shape index (κ2) is 17.6. The van der Waals surface area contributed by atoms with Crippen molar-refractivity contribution >= 4 is 24.8 Å². The summed E-state index contributed by atoms with van der Waals surface area (Å²) >= 11 is 1.55. The summed E-state index contributed by atoms with van der Waals surface area (Å²) in [5.74, 6) is 0. The zero-order valence-corrected chi connectivity index (χ0v) is 35.2. The average Bonchev–Trinajstić information content (AvgIpc) is 3.87. The molecule has 8 aromatic rings. The molecule has 0 atom stereocenters. The molecule has 0 radical (unpaired) electrons. The van der Waals surface area contributed by atoms with Crippen LogP contribution in [0.1, 0.15) is 63.8 Å². The molecule has 1 heteroatoms. The van der Waals surface area contributed by atoms with Crippen LogP contribution in [-0.2, 0) is 47.9 Å². The predicted molar refractivity (Wildman–Crippen MR) is 233 cm³/mol. The number of benzene rings is 6. The monoisotopic (exact) mass is 778 g/mol. The van der Waals surface area contributed by atoms with Crippen molar-refractivity contribution in [1.82, 2.24) is 0 Å². The van der Waals surface area contributed by atoms with Gasteiger partial charge in [-0.25, -0.2) is 12.1 Å². The second-order valence-corrected chi connectivity index (χ2v) is 18.0. The molecular weight excluding hydrogens is 728 g/mol. The van der Waals surface area contributed by atoms with Gasteiger partial charge in [0.2, 0.25) is 0 Å². The molecule has 8 rings (SSSR count). The fourth-order valence-electron chi connectivity index (χ4n) is 7.13. The zero-order chi connectivity index (χ0) is 38.1. The van der Waals surface area contributed by atoms with Gasteiger partial charge in [0, 0.05) is 0 Å². The summed E-state index contributed by atoms with van der Waals surface area (Å²) in [6.45, 7) is 13.9. The fraction of sp³-hybridized carbons (Fsp3) is 0.189. The normalized spacial score (nSPS) is 11.4. The summed E-state index contributed by atoms with van der Waals surface area (Å²) < 4.78 is 1.60. The van der Waals surface area contributed by atoms with E-state index in [1.807, 2.05) is 30.3 Å². The van der Waals surface area contributed by atoms with Crippen LogP contribution in [0.2, 0.25) is 0 Å². The van der Waals surface area contributed by atoms with Gasteiger partial charge in [0.25, 0.3) is 0 Å². The Balaban J connectivity index is 0.000000195. The van der Waals surface area contributed by atoms with E-state index in [0.29, 0.717) is 0 Å². The molecule has 0 bridgehead atoms. The first-order chi connectivity index (χ1) is 26.0. The minimum Gasteiger partial charge on any atom is -0.214 e. The molecule has 0 saturated carbocycles. The first kappa shape index (κ1) is 39.0. The van der Waals surface area contributed by atoms with Crippen LogP contribution < -0.4 is 0 Å². The van der Waals surface area contributed by atoms with Crippen LogP contribution >= 0.6 is 0 Å². The van der Waals surface area contributed by atoms with E-state index in [4.69, 9.17) is 0 Å². The third kappa shape index (κ3) is 10.1. The van der Waals surface area contributed by atoms with Crippen molar-refractivity contribution in [3.8, 4) is 22.3 Å². The third-order valence-corrected chi connectivity index (χ3v) is 10.7. The van der Waals surface area contributed by atoms with Gasteiger partial charge in [0.05, 0.1) is 0 Å². The summed E-state index contributed by atoms with van der Waals surface area (Å²) in [5.41, 5.74) is 11.0. The van der Waals surface area contributed by atoms with Crippen LogP contribution in [0.3, 0.4) is 0 Å². The minimum atomic E-state index is 0.0554. The molecule has 0 aliphatic heterocycles. The molecule has 54 heavy (non-hydrogen) atoms. The molecule has 0 aromatic heterocycles. The van der Waals surface area contributed by atoms with Crippen LogP contribution in [0.5, 0.6) is 0 Å². The van der Waals surface area contributed by atoms with Crippen molar-refractivity contribution in [1.29, 1.82) is 0 Å².